The summed E-state index contributed by atoms with van der Waals surface area (Å²) in [6.07, 6.45) is 6.16. The van der Waals surface area contributed by atoms with Crippen molar-refractivity contribution in [3.05, 3.63) is 35.9 Å². The summed E-state index contributed by atoms with van der Waals surface area (Å²) in [4.78, 5) is 1.95. The number of hydrogen-bond donors (Lipinski definition) is 0. The third-order valence-corrected chi connectivity index (χ3v) is 4.86. The van der Waals surface area contributed by atoms with Crippen molar-refractivity contribution in [3.63, 3.8) is 0 Å². The average Bonchev–Trinajstić information content (AvgIpc) is 2.90. The van der Waals surface area contributed by atoms with Gasteiger partial charge in [-0.15, -0.1) is 22.6 Å². The van der Waals surface area contributed by atoms with E-state index in [1.54, 1.807) is 12.1 Å². The van der Waals surface area contributed by atoms with Gasteiger partial charge in [0.25, 0.3) is 0 Å². The Kier molecular flexibility index (Phi) is 5.30. The van der Waals surface area contributed by atoms with Crippen LogP contribution in [-0.4, -0.2) is 21.8 Å². The largest absolute Gasteiger partial charge is 0.314 e. The molecule has 4 nitrogen and oxygen atoms in total. The zero-order chi connectivity index (χ0) is 15.7. The minimum Gasteiger partial charge on any atom is -0.314 e. The molecule has 3 rings (SSSR count). The molecule has 0 unspecified atom stereocenters. The van der Waals surface area contributed by atoms with Crippen molar-refractivity contribution in [1.29, 1.82) is 0 Å². The molecule has 2 aromatic rings. The summed E-state index contributed by atoms with van der Waals surface area (Å²) < 4.78 is 15.2. The van der Waals surface area contributed by atoms with E-state index in [0.717, 1.165) is 17.5 Å². The first kappa shape index (κ1) is 17.7. The molecule has 0 bridgehead atoms. The molecule has 0 N–H and O–H groups in total. The van der Waals surface area contributed by atoms with Crippen LogP contribution >= 0.6 is 12.4 Å². The van der Waals surface area contributed by atoms with Crippen LogP contribution in [0.1, 0.15) is 44.9 Å². The maximum Gasteiger partial charge on any atom is 0.231 e. The van der Waals surface area contributed by atoms with E-state index in [4.69, 9.17) is 0 Å². The quantitative estimate of drug-likeness (QED) is 0.833. The summed E-state index contributed by atoms with van der Waals surface area (Å²) in [6.45, 7) is 2.29. The van der Waals surface area contributed by atoms with Gasteiger partial charge in [-0.25, -0.2) is 4.39 Å². The molecule has 1 aromatic heterocycles. The van der Waals surface area contributed by atoms with Crippen LogP contribution in [0.3, 0.4) is 0 Å². The summed E-state index contributed by atoms with van der Waals surface area (Å²) >= 11 is 0. The van der Waals surface area contributed by atoms with Crippen molar-refractivity contribution < 1.29 is 4.39 Å². The predicted octanol–water partition coefficient (Wildman–Crippen LogP) is 4.37. The van der Waals surface area contributed by atoms with Crippen molar-refractivity contribution in [3.8, 4) is 0 Å². The standard InChI is InChI=1S/C17H23FN4.ClH/c1-17(11-5-4-6-12-17)15-19-20-16(22(15)3)21(2)14-9-7-13(18)8-10-14;/h7-10H,4-6,11-12H2,1-3H3;1H. The monoisotopic (exact) mass is 338 g/mol. The van der Waals surface area contributed by atoms with Gasteiger partial charge >= 0.3 is 0 Å². The molecule has 0 amide bonds. The lowest BCUT2D eigenvalue weighted by Crippen LogP contribution is -2.29. The number of halogens is 2. The summed E-state index contributed by atoms with van der Waals surface area (Å²) in [6, 6.07) is 6.44. The number of nitrogens with zero attached hydrogens (tertiary/aromatic N) is 4. The molecule has 126 valence electrons. The molecular weight excluding hydrogens is 315 g/mol. The van der Waals surface area contributed by atoms with Crippen LogP contribution in [0.4, 0.5) is 16.0 Å². The van der Waals surface area contributed by atoms with E-state index in [0.29, 0.717) is 0 Å². The third kappa shape index (κ3) is 3.34. The topological polar surface area (TPSA) is 34.0 Å². The highest BCUT2D eigenvalue weighted by atomic mass is 35.5. The van der Waals surface area contributed by atoms with Crippen molar-refractivity contribution >= 4 is 24.0 Å². The highest BCUT2D eigenvalue weighted by molar-refractivity contribution is 5.85. The fourth-order valence-corrected chi connectivity index (χ4v) is 3.47. The zero-order valence-electron chi connectivity index (χ0n) is 13.9. The normalized spacial score (nSPS) is 16.7. The summed E-state index contributed by atoms with van der Waals surface area (Å²) in [5.41, 5.74) is 1.01. The Hall–Kier alpha value is -1.62. The third-order valence-electron chi connectivity index (χ3n) is 4.86. The number of benzene rings is 1. The SMILES string of the molecule is CN(c1ccc(F)cc1)c1nnc(C2(C)CCCCC2)n1C.Cl. The maximum absolute atomic E-state index is 13.1. The molecule has 0 radical (unpaired) electrons. The van der Waals surface area contributed by atoms with E-state index in [2.05, 4.69) is 21.7 Å². The molecular formula is C17H24ClFN4. The molecule has 0 spiro atoms. The molecule has 23 heavy (non-hydrogen) atoms. The summed E-state index contributed by atoms with van der Waals surface area (Å²) in [5.74, 6) is 1.61. The molecule has 6 heteroatoms. The van der Waals surface area contributed by atoms with Gasteiger partial charge in [0.05, 0.1) is 0 Å². The van der Waals surface area contributed by atoms with Gasteiger partial charge in [-0.05, 0) is 37.1 Å². The second kappa shape index (κ2) is 6.87. The van der Waals surface area contributed by atoms with Crippen molar-refractivity contribution in [2.45, 2.75) is 44.4 Å². The van der Waals surface area contributed by atoms with E-state index < -0.39 is 0 Å². The first-order chi connectivity index (χ1) is 10.5. The first-order valence-corrected chi connectivity index (χ1v) is 7.90. The van der Waals surface area contributed by atoms with Gasteiger partial charge in [0.2, 0.25) is 5.95 Å². The molecule has 1 saturated carbocycles. The van der Waals surface area contributed by atoms with Gasteiger partial charge < -0.3 is 4.90 Å². The lowest BCUT2D eigenvalue weighted by Gasteiger charge is -2.32. The Labute approximate surface area is 143 Å². The van der Waals surface area contributed by atoms with Gasteiger partial charge in [-0.3, -0.25) is 4.57 Å². The van der Waals surface area contributed by atoms with Crippen LogP contribution in [0.5, 0.6) is 0 Å². The molecule has 1 heterocycles. The van der Waals surface area contributed by atoms with Crippen molar-refractivity contribution in [2.75, 3.05) is 11.9 Å². The molecule has 1 aliphatic rings. The van der Waals surface area contributed by atoms with Crippen molar-refractivity contribution in [1.82, 2.24) is 14.8 Å². The smallest absolute Gasteiger partial charge is 0.231 e. The zero-order valence-corrected chi connectivity index (χ0v) is 14.7. The minimum absolute atomic E-state index is 0. The highest BCUT2D eigenvalue weighted by Gasteiger charge is 2.34. The van der Waals surface area contributed by atoms with Crippen molar-refractivity contribution in [2.24, 2.45) is 7.05 Å². The molecule has 1 aliphatic carbocycles. The molecule has 0 atom stereocenters. The van der Waals surface area contributed by atoms with Gasteiger partial charge in [-0.1, -0.05) is 26.2 Å². The number of hydrogen-bond acceptors (Lipinski definition) is 3. The van der Waals surface area contributed by atoms with Crippen LogP contribution in [0.2, 0.25) is 0 Å². The first-order valence-electron chi connectivity index (χ1n) is 7.90. The van der Waals surface area contributed by atoms with E-state index >= 15 is 0 Å². The van der Waals surface area contributed by atoms with E-state index in [9.17, 15) is 4.39 Å². The minimum atomic E-state index is -0.231. The fraction of sp³-hybridized carbons (Fsp3) is 0.529. The van der Waals surface area contributed by atoms with Gasteiger partial charge in [0.1, 0.15) is 11.6 Å². The maximum atomic E-state index is 13.1. The fourth-order valence-electron chi connectivity index (χ4n) is 3.47. The lowest BCUT2D eigenvalue weighted by molar-refractivity contribution is 0.297. The lowest BCUT2D eigenvalue weighted by atomic mass is 9.75. The van der Waals surface area contributed by atoms with Crippen LogP contribution in [0.25, 0.3) is 0 Å². The van der Waals surface area contributed by atoms with Gasteiger partial charge in [0, 0.05) is 25.2 Å². The Morgan fingerprint density at radius 3 is 2.30 bits per heavy atom. The molecule has 0 aliphatic heterocycles. The summed E-state index contributed by atoms with van der Waals surface area (Å²) in [5, 5.41) is 8.85. The Bertz CT molecular complexity index is 647. The number of anilines is 2. The Balaban J connectivity index is 0.00000192. The molecule has 0 saturated heterocycles. The van der Waals surface area contributed by atoms with Crippen LogP contribution in [-0.2, 0) is 12.5 Å². The van der Waals surface area contributed by atoms with E-state index in [-0.39, 0.29) is 23.6 Å². The van der Waals surface area contributed by atoms with Gasteiger partial charge in [0.15, 0.2) is 0 Å². The van der Waals surface area contributed by atoms with E-state index in [1.807, 2.05) is 19.0 Å². The summed E-state index contributed by atoms with van der Waals surface area (Å²) in [7, 11) is 3.95. The Morgan fingerprint density at radius 1 is 1.09 bits per heavy atom. The number of rotatable bonds is 3. The van der Waals surface area contributed by atoms with Crippen LogP contribution in [0.15, 0.2) is 24.3 Å². The highest BCUT2D eigenvalue weighted by Crippen LogP contribution is 2.39. The second-order valence-electron chi connectivity index (χ2n) is 6.54. The number of aromatic nitrogens is 3. The van der Waals surface area contributed by atoms with Crippen LogP contribution in [0, 0.1) is 5.82 Å². The van der Waals surface area contributed by atoms with E-state index in [1.165, 1.54) is 44.2 Å². The Morgan fingerprint density at radius 2 is 1.70 bits per heavy atom. The predicted molar refractivity (Wildman–Crippen MR) is 93.2 cm³/mol. The second-order valence-corrected chi connectivity index (χ2v) is 6.54. The molecule has 1 fully saturated rings. The average molecular weight is 339 g/mol. The van der Waals surface area contributed by atoms with Crippen LogP contribution < -0.4 is 4.90 Å². The molecule has 1 aromatic carbocycles. The van der Waals surface area contributed by atoms with Gasteiger partial charge in [-0.2, -0.15) is 0 Å².